The molecule has 1 atom stereocenters. The van der Waals surface area contributed by atoms with Gasteiger partial charge in [-0.05, 0) is 19.8 Å². The lowest BCUT2D eigenvalue weighted by Gasteiger charge is -2.33. The van der Waals surface area contributed by atoms with Crippen molar-refractivity contribution in [1.82, 2.24) is 0 Å². The lowest BCUT2D eigenvalue weighted by Crippen LogP contribution is -2.38. The van der Waals surface area contributed by atoms with Gasteiger partial charge in [0.25, 0.3) is 0 Å². The molecular weight excluding hydrogens is 448 g/mol. The van der Waals surface area contributed by atoms with Crippen LogP contribution in [0.25, 0.3) is 0 Å². The minimum Gasteiger partial charge on any atom is -0.393 e. The predicted molar refractivity (Wildman–Crippen MR) is 145 cm³/mol. The number of unbranched alkanes of at least 4 members (excludes halogenated alkanes) is 18. The highest BCUT2D eigenvalue weighted by Gasteiger charge is 2.36. The molecule has 0 spiro atoms. The van der Waals surface area contributed by atoms with Gasteiger partial charge in [-0.25, -0.2) is 4.18 Å². The fourth-order valence-electron chi connectivity index (χ4n) is 5.08. The van der Waals surface area contributed by atoms with Gasteiger partial charge in [0.1, 0.15) is 0 Å². The first-order valence-corrected chi connectivity index (χ1v) is 16.0. The first kappa shape index (κ1) is 33.8. The van der Waals surface area contributed by atoms with E-state index in [9.17, 15) is 18.1 Å². The van der Waals surface area contributed by atoms with Gasteiger partial charge >= 0.3 is 10.4 Å². The van der Waals surface area contributed by atoms with Gasteiger partial charge < -0.3 is 5.11 Å². The summed E-state index contributed by atoms with van der Waals surface area (Å²) in [6.07, 6.45) is 24.9. The van der Waals surface area contributed by atoms with E-state index in [1.807, 2.05) is 0 Å². The maximum absolute atomic E-state index is 11.6. The first-order valence-electron chi connectivity index (χ1n) is 14.6. The van der Waals surface area contributed by atoms with E-state index in [0.29, 0.717) is 12.8 Å². The summed E-state index contributed by atoms with van der Waals surface area (Å²) in [7, 11) is -4.56. The summed E-state index contributed by atoms with van der Waals surface area (Å²) < 4.78 is 38.0. The van der Waals surface area contributed by atoms with Crippen molar-refractivity contribution in [3.63, 3.8) is 0 Å². The number of aliphatic hydroxyl groups is 1. The van der Waals surface area contributed by atoms with Crippen molar-refractivity contribution >= 4 is 10.4 Å². The SMILES string of the molecule is CCCCCCCCCCCCC(CCCCCCCCCCCC)(CC(C)O)OS(=O)(=O)O. The smallest absolute Gasteiger partial charge is 0.393 e. The fraction of sp³-hybridized carbons (Fsp3) is 1.00. The van der Waals surface area contributed by atoms with Crippen molar-refractivity contribution in [2.75, 3.05) is 0 Å². The molecule has 6 heteroatoms. The van der Waals surface area contributed by atoms with Crippen molar-refractivity contribution in [3.8, 4) is 0 Å². The van der Waals surface area contributed by atoms with Crippen LogP contribution in [0, 0.1) is 0 Å². The Labute approximate surface area is 212 Å². The van der Waals surface area contributed by atoms with Gasteiger partial charge in [-0.15, -0.1) is 0 Å². The van der Waals surface area contributed by atoms with Gasteiger partial charge in [-0.3, -0.25) is 4.55 Å². The van der Waals surface area contributed by atoms with Crippen LogP contribution in [0.2, 0.25) is 0 Å². The molecule has 0 aromatic heterocycles. The van der Waals surface area contributed by atoms with Crippen LogP contribution >= 0.6 is 0 Å². The van der Waals surface area contributed by atoms with Crippen LogP contribution in [-0.4, -0.2) is 29.8 Å². The second kappa shape index (κ2) is 22.1. The van der Waals surface area contributed by atoms with Crippen molar-refractivity contribution in [2.45, 2.75) is 180 Å². The highest BCUT2D eigenvalue weighted by molar-refractivity contribution is 7.80. The Hall–Kier alpha value is -0.170. The summed E-state index contributed by atoms with van der Waals surface area (Å²) in [5.74, 6) is 0. The van der Waals surface area contributed by atoms with E-state index in [4.69, 9.17) is 4.18 Å². The van der Waals surface area contributed by atoms with E-state index in [2.05, 4.69) is 13.8 Å². The highest BCUT2D eigenvalue weighted by atomic mass is 32.3. The van der Waals surface area contributed by atoms with Crippen LogP contribution in [0.5, 0.6) is 0 Å². The largest absolute Gasteiger partial charge is 0.397 e. The summed E-state index contributed by atoms with van der Waals surface area (Å²) in [4.78, 5) is 0. The second-order valence-electron chi connectivity index (χ2n) is 10.6. The van der Waals surface area contributed by atoms with Gasteiger partial charge in [0, 0.05) is 6.42 Å². The summed E-state index contributed by atoms with van der Waals surface area (Å²) >= 11 is 0. The highest BCUT2D eigenvalue weighted by Crippen LogP contribution is 2.33. The summed E-state index contributed by atoms with van der Waals surface area (Å²) in [5, 5.41) is 10.1. The van der Waals surface area contributed by atoms with Gasteiger partial charge in [0.05, 0.1) is 11.7 Å². The molecule has 0 radical (unpaired) electrons. The molecule has 0 heterocycles. The molecule has 0 bridgehead atoms. The summed E-state index contributed by atoms with van der Waals surface area (Å²) in [6.45, 7) is 6.14. The van der Waals surface area contributed by atoms with Crippen LogP contribution in [0.4, 0.5) is 0 Å². The van der Waals surface area contributed by atoms with Gasteiger partial charge in [0.15, 0.2) is 0 Å². The van der Waals surface area contributed by atoms with Crippen LogP contribution < -0.4 is 0 Å². The Kier molecular flexibility index (Phi) is 21.9. The van der Waals surface area contributed by atoms with E-state index in [0.717, 1.165) is 38.5 Å². The molecule has 0 saturated heterocycles. The van der Waals surface area contributed by atoms with Crippen LogP contribution in [0.15, 0.2) is 0 Å². The first-order chi connectivity index (χ1) is 16.2. The minimum atomic E-state index is -4.56. The minimum absolute atomic E-state index is 0.238. The quantitative estimate of drug-likeness (QED) is 0.0903. The third-order valence-electron chi connectivity index (χ3n) is 6.92. The zero-order chi connectivity index (χ0) is 25.5. The molecule has 0 saturated carbocycles. The molecule has 2 N–H and O–H groups in total. The average molecular weight is 507 g/mol. The number of hydrogen-bond acceptors (Lipinski definition) is 4. The molecule has 0 aliphatic carbocycles. The Morgan fingerprint density at radius 1 is 0.618 bits per heavy atom. The fourth-order valence-corrected chi connectivity index (χ4v) is 5.76. The van der Waals surface area contributed by atoms with Gasteiger partial charge in [0.2, 0.25) is 0 Å². The molecule has 0 rings (SSSR count). The molecule has 0 aromatic rings. The normalized spacial score (nSPS) is 13.4. The third kappa shape index (κ3) is 22.3. The predicted octanol–water partition coefficient (Wildman–Crippen LogP) is 8.94. The van der Waals surface area contributed by atoms with E-state index in [1.54, 1.807) is 6.92 Å². The maximum Gasteiger partial charge on any atom is 0.397 e. The van der Waals surface area contributed by atoms with Gasteiger partial charge in [-0.2, -0.15) is 8.42 Å². The lowest BCUT2D eigenvalue weighted by molar-refractivity contribution is -0.00386. The number of aliphatic hydroxyl groups excluding tert-OH is 1. The standard InChI is InChI=1S/C28H58O5S/c1-4-6-8-10-12-14-16-18-20-22-24-28(26-27(3)29,33-34(30,31)32)25-23-21-19-17-15-13-11-9-7-5-2/h27,29H,4-26H2,1-3H3,(H,30,31,32). The maximum atomic E-state index is 11.6. The topological polar surface area (TPSA) is 83.8 Å². The third-order valence-corrected chi connectivity index (χ3v) is 7.49. The Balaban J connectivity index is 4.40. The van der Waals surface area contributed by atoms with Crippen molar-refractivity contribution < 1.29 is 22.3 Å². The van der Waals surface area contributed by atoms with E-state index < -0.39 is 22.1 Å². The zero-order valence-electron chi connectivity index (χ0n) is 22.9. The van der Waals surface area contributed by atoms with Crippen molar-refractivity contribution in [2.24, 2.45) is 0 Å². The molecular formula is C28H58O5S. The molecule has 1 unspecified atom stereocenters. The molecule has 0 aliphatic rings. The number of rotatable bonds is 26. The Morgan fingerprint density at radius 3 is 1.18 bits per heavy atom. The average Bonchev–Trinajstić information content (AvgIpc) is 2.75. The monoisotopic (exact) mass is 506 g/mol. The number of hydrogen-bond donors (Lipinski definition) is 2. The molecule has 0 aromatic carbocycles. The Morgan fingerprint density at radius 2 is 0.912 bits per heavy atom. The molecule has 5 nitrogen and oxygen atoms in total. The van der Waals surface area contributed by atoms with E-state index in [1.165, 1.54) is 89.9 Å². The van der Waals surface area contributed by atoms with Crippen LogP contribution in [0.1, 0.15) is 168 Å². The molecule has 0 amide bonds. The lowest BCUT2D eigenvalue weighted by atomic mass is 9.85. The Bertz CT molecular complexity index is 509. The van der Waals surface area contributed by atoms with E-state index in [-0.39, 0.29) is 6.42 Å². The molecule has 206 valence electrons. The molecule has 0 aliphatic heterocycles. The zero-order valence-corrected chi connectivity index (χ0v) is 23.7. The second-order valence-corrected chi connectivity index (χ2v) is 11.6. The van der Waals surface area contributed by atoms with Crippen LogP contribution in [-0.2, 0) is 14.6 Å². The molecule has 0 fully saturated rings. The van der Waals surface area contributed by atoms with Crippen molar-refractivity contribution in [3.05, 3.63) is 0 Å². The van der Waals surface area contributed by atoms with Gasteiger partial charge in [-0.1, -0.05) is 142 Å². The summed E-state index contributed by atoms with van der Waals surface area (Å²) in [6, 6.07) is 0. The molecule has 34 heavy (non-hydrogen) atoms. The van der Waals surface area contributed by atoms with E-state index >= 15 is 0 Å². The summed E-state index contributed by atoms with van der Waals surface area (Å²) in [5.41, 5.74) is -0.998. The van der Waals surface area contributed by atoms with Crippen LogP contribution in [0.3, 0.4) is 0 Å². The van der Waals surface area contributed by atoms with Crippen molar-refractivity contribution in [1.29, 1.82) is 0 Å².